The van der Waals surface area contributed by atoms with Crippen LogP contribution in [0, 0.1) is 5.92 Å². The van der Waals surface area contributed by atoms with Gasteiger partial charge in [0.2, 0.25) is 5.91 Å². The molecule has 1 heterocycles. The topological polar surface area (TPSA) is 58.6 Å². The minimum atomic E-state index is -0.549. The summed E-state index contributed by atoms with van der Waals surface area (Å²) in [6.07, 6.45) is 2.70. The van der Waals surface area contributed by atoms with Crippen molar-refractivity contribution in [3.63, 3.8) is 0 Å². The number of rotatable bonds is 3. The van der Waals surface area contributed by atoms with Gasteiger partial charge in [-0.3, -0.25) is 4.79 Å². The number of nitrogens with zero attached hydrogens (tertiary/aromatic N) is 1. The Hall–Kier alpha value is -1.26. The van der Waals surface area contributed by atoms with E-state index in [1.807, 2.05) is 18.7 Å². The Morgan fingerprint density at radius 3 is 2.50 bits per heavy atom. The number of alkyl carbamates (subject to hydrolysis) is 1. The summed E-state index contributed by atoms with van der Waals surface area (Å²) in [6, 6.07) is -0.245. The predicted octanol–water partition coefficient (Wildman–Crippen LogP) is 1.77. The number of carbonyl (C=O) groups is 2. The monoisotopic (exact) mass is 256 g/mol. The van der Waals surface area contributed by atoms with Crippen LogP contribution in [0.2, 0.25) is 0 Å². The summed E-state index contributed by atoms with van der Waals surface area (Å²) in [5, 5.41) is 2.63. The van der Waals surface area contributed by atoms with Crippen LogP contribution >= 0.6 is 0 Å². The van der Waals surface area contributed by atoms with Crippen LogP contribution in [-0.4, -0.2) is 42.6 Å². The van der Waals surface area contributed by atoms with E-state index in [-0.39, 0.29) is 17.9 Å². The molecule has 0 saturated carbocycles. The standard InChI is InChI=1S/C13H24N2O3/c1-9(2)11(14-13(17)18-4)12(16)15-8-6-5-7-10(15)3/h9-11H,5-8H2,1-4H3,(H,14,17)/t10-,11?/m1/s1. The zero-order chi connectivity index (χ0) is 13.7. The van der Waals surface area contributed by atoms with Gasteiger partial charge in [0.25, 0.3) is 0 Å². The highest BCUT2D eigenvalue weighted by molar-refractivity contribution is 5.86. The van der Waals surface area contributed by atoms with E-state index in [1.54, 1.807) is 0 Å². The van der Waals surface area contributed by atoms with Crippen LogP contribution in [0.15, 0.2) is 0 Å². The molecule has 0 aliphatic carbocycles. The van der Waals surface area contributed by atoms with Gasteiger partial charge in [0.05, 0.1) is 7.11 Å². The highest BCUT2D eigenvalue weighted by Gasteiger charge is 2.32. The fraction of sp³-hybridized carbons (Fsp3) is 0.846. The molecule has 1 aliphatic heterocycles. The minimum absolute atomic E-state index is 0.00241. The van der Waals surface area contributed by atoms with Crippen molar-refractivity contribution in [2.24, 2.45) is 5.92 Å². The summed E-state index contributed by atoms with van der Waals surface area (Å²) in [6.45, 7) is 6.69. The lowest BCUT2D eigenvalue weighted by Crippen LogP contribution is -2.54. The largest absolute Gasteiger partial charge is 0.453 e. The van der Waals surface area contributed by atoms with Crippen molar-refractivity contribution in [3.05, 3.63) is 0 Å². The van der Waals surface area contributed by atoms with E-state index in [0.717, 1.165) is 19.4 Å². The highest BCUT2D eigenvalue weighted by atomic mass is 16.5. The Kier molecular flexibility index (Phi) is 5.44. The van der Waals surface area contributed by atoms with Crippen molar-refractivity contribution < 1.29 is 14.3 Å². The van der Waals surface area contributed by atoms with Crippen molar-refractivity contribution in [2.45, 2.75) is 52.1 Å². The molecule has 104 valence electrons. The average Bonchev–Trinajstić information content (AvgIpc) is 2.35. The molecule has 2 atom stereocenters. The lowest BCUT2D eigenvalue weighted by molar-refractivity contribution is -0.137. The molecule has 0 radical (unpaired) electrons. The zero-order valence-corrected chi connectivity index (χ0v) is 11.7. The van der Waals surface area contributed by atoms with E-state index in [1.165, 1.54) is 13.5 Å². The zero-order valence-electron chi connectivity index (χ0n) is 11.7. The Labute approximate surface area is 109 Å². The van der Waals surface area contributed by atoms with Crippen molar-refractivity contribution in [3.8, 4) is 0 Å². The molecule has 1 saturated heterocycles. The lowest BCUT2D eigenvalue weighted by atomic mass is 9.98. The molecule has 18 heavy (non-hydrogen) atoms. The summed E-state index contributed by atoms with van der Waals surface area (Å²) in [4.78, 5) is 25.6. The van der Waals surface area contributed by atoms with Gasteiger partial charge in [0, 0.05) is 12.6 Å². The van der Waals surface area contributed by atoms with Crippen LogP contribution in [0.1, 0.15) is 40.0 Å². The first-order chi connectivity index (χ1) is 8.47. The van der Waals surface area contributed by atoms with Gasteiger partial charge in [-0.25, -0.2) is 4.79 Å². The third-order valence-corrected chi connectivity index (χ3v) is 3.48. The van der Waals surface area contributed by atoms with Gasteiger partial charge < -0.3 is 15.0 Å². The molecule has 0 aromatic carbocycles. The Morgan fingerprint density at radius 1 is 1.33 bits per heavy atom. The summed E-state index contributed by atoms with van der Waals surface area (Å²) >= 11 is 0. The van der Waals surface area contributed by atoms with Crippen LogP contribution in [0.4, 0.5) is 4.79 Å². The van der Waals surface area contributed by atoms with Gasteiger partial charge >= 0.3 is 6.09 Å². The van der Waals surface area contributed by atoms with E-state index in [2.05, 4.69) is 17.0 Å². The quantitative estimate of drug-likeness (QED) is 0.837. The Balaban J connectivity index is 2.72. The van der Waals surface area contributed by atoms with Gasteiger partial charge in [-0.15, -0.1) is 0 Å². The maximum absolute atomic E-state index is 12.5. The number of nitrogens with one attached hydrogen (secondary N) is 1. The molecule has 0 bridgehead atoms. The van der Waals surface area contributed by atoms with E-state index >= 15 is 0 Å². The molecule has 1 aliphatic rings. The van der Waals surface area contributed by atoms with Crippen molar-refractivity contribution >= 4 is 12.0 Å². The lowest BCUT2D eigenvalue weighted by Gasteiger charge is -2.36. The third-order valence-electron chi connectivity index (χ3n) is 3.48. The van der Waals surface area contributed by atoms with Gasteiger partial charge in [0.1, 0.15) is 6.04 Å². The number of hydrogen-bond acceptors (Lipinski definition) is 3. The van der Waals surface area contributed by atoms with Crippen LogP contribution in [-0.2, 0) is 9.53 Å². The molecule has 1 fully saturated rings. The van der Waals surface area contributed by atoms with Crippen LogP contribution in [0.25, 0.3) is 0 Å². The summed E-state index contributed by atoms with van der Waals surface area (Å²) in [5.74, 6) is 0.0494. The summed E-state index contributed by atoms with van der Waals surface area (Å²) in [7, 11) is 1.31. The van der Waals surface area contributed by atoms with Crippen LogP contribution in [0.5, 0.6) is 0 Å². The number of methoxy groups -OCH3 is 1. The van der Waals surface area contributed by atoms with Gasteiger partial charge in [-0.2, -0.15) is 0 Å². The molecule has 5 heteroatoms. The fourth-order valence-corrected chi connectivity index (χ4v) is 2.30. The van der Waals surface area contributed by atoms with Gasteiger partial charge in [0.15, 0.2) is 0 Å². The predicted molar refractivity (Wildman–Crippen MR) is 69.2 cm³/mol. The Bertz CT molecular complexity index is 305. The van der Waals surface area contributed by atoms with E-state index in [9.17, 15) is 9.59 Å². The number of amides is 2. The van der Waals surface area contributed by atoms with Crippen LogP contribution in [0.3, 0.4) is 0 Å². The molecule has 0 spiro atoms. The third kappa shape index (κ3) is 3.62. The van der Waals surface area contributed by atoms with E-state index in [0.29, 0.717) is 0 Å². The molecule has 2 amide bonds. The molecule has 0 aromatic heterocycles. The number of likely N-dealkylation sites (tertiary alicyclic amines) is 1. The maximum atomic E-state index is 12.5. The second kappa shape index (κ2) is 6.61. The fourth-order valence-electron chi connectivity index (χ4n) is 2.30. The summed E-state index contributed by atoms with van der Waals surface area (Å²) in [5.41, 5.74) is 0. The molecule has 1 unspecified atom stereocenters. The molecule has 0 aromatic rings. The smallest absolute Gasteiger partial charge is 0.407 e. The number of hydrogen-bond donors (Lipinski definition) is 1. The minimum Gasteiger partial charge on any atom is -0.453 e. The highest BCUT2D eigenvalue weighted by Crippen LogP contribution is 2.19. The molecular formula is C13H24N2O3. The SMILES string of the molecule is COC(=O)NC(C(=O)N1CCCC[C@H]1C)C(C)C. The molecular weight excluding hydrogens is 232 g/mol. The van der Waals surface area contributed by atoms with E-state index < -0.39 is 12.1 Å². The number of piperidine rings is 1. The van der Waals surface area contributed by atoms with Gasteiger partial charge in [-0.05, 0) is 32.1 Å². The second-order valence-electron chi connectivity index (χ2n) is 5.23. The second-order valence-corrected chi connectivity index (χ2v) is 5.23. The number of carbonyl (C=O) groups excluding carboxylic acids is 2. The number of ether oxygens (including phenoxy) is 1. The first-order valence-electron chi connectivity index (χ1n) is 6.62. The normalized spacial score (nSPS) is 21.6. The maximum Gasteiger partial charge on any atom is 0.407 e. The average molecular weight is 256 g/mol. The first kappa shape index (κ1) is 14.8. The molecule has 1 rings (SSSR count). The van der Waals surface area contributed by atoms with Crippen molar-refractivity contribution in [2.75, 3.05) is 13.7 Å². The van der Waals surface area contributed by atoms with E-state index in [4.69, 9.17) is 0 Å². The first-order valence-corrected chi connectivity index (χ1v) is 6.62. The van der Waals surface area contributed by atoms with Crippen LogP contribution < -0.4 is 5.32 Å². The van der Waals surface area contributed by atoms with Crippen molar-refractivity contribution in [1.82, 2.24) is 10.2 Å². The molecule has 5 nitrogen and oxygen atoms in total. The van der Waals surface area contributed by atoms with Gasteiger partial charge in [-0.1, -0.05) is 13.8 Å². The summed E-state index contributed by atoms with van der Waals surface area (Å²) < 4.78 is 4.57. The molecule has 1 N–H and O–H groups in total. The van der Waals surface area contributed by atoms with Crippen molar-refractivity contribution in [1.29, 1.82) is 0 Å². The Morgan fingerprint density at radius 2 is 2.00 bits per heavy atom.